The molecule has 0 spiro atoms. The Morgan fingerprint density at radius 3 is 2.59 bits per heavy atom. The highest BCUT2D eigenvalue weighted by Gasteiger charge is 2.30. The lowest BCUT2D eigenvalue weighted by atomic mass is 9.93. The Morgan fingerprint density at radius 2 is 1.94 bits per heavy atom. The van der Waals surface area contributed by atoms with Crippen LogP contribution in [0.5, 0.6) is 0 Å². The van der Waals surface area contributed by atoms with Crippen LogP contribution in [0.4, 0.5) is 9.18 Å². The SMILES string of the molecule is CC(C)(C)OC(=O)N1CCC(c2noc(-c3ccc4cnn(C5CCC5)c4c3F)n2)CC1. The molecule has 2 aromatic heterocycles. The van der Waals surface area contributed by atoms with Crippen LogP contribution in [-0.2, 0) is 4.74 Å². The number of hydrogen-bond acceptors (Lipinski definition) is 6. The van der Waals surface area contributed by atoms with Gasteiger partial charge in [-0.25, -0.2) is 9.18 Å². The molecule has 0 atom stereocenters. The summed E-state index contributed by atoms with van der Waals surface area (Å²) in [4.78, 5) is 18.5. The number of aromatic nitrogens is 4. The number of nitrogens with zero attached hydrogens (tertiary/aromatic N) is 5. The maximum Gasteiger partial charge on any atom is 0.410 e. The minimum atomic E-state index is -0.518. The van der Waals surface area contributed by atoms with Crippen LogP contribution in [0.3, 0.4) is 0 Å². The topological polar surface area (TPSA) is 86.3 Å². The van der Waals surface area contributed by atoms with Crippen molar-refractivity contribution in [2.45, 2.75) is 70.4 Å². The van der Waals surface area contributed by atoms with Crippen LogP contribution in [0, 0.1) is 5.82 Å². The van der Waals surface area contributed by atoms with E-state index < -0.39 is 5.60 Å². The fourth-order valence-corrected chi connectivity index (χ4v) is 4.33. The number of benzene rings is 1. The molecule has 1 saturated carbocycles. The third-order valence-electron chi connectivity index (χ3n) is 6.30. The number of amides is 1. The molecule has 0 unspecified atom stereocenters. The first-order valence-electron chi connectivity index (χ1n) is 11.3. The van der Waals surface area contributed by atoms with Crippen molar-refractivity contribution in [3.05, 3.63) is 30.0 Å². The zero-order chi connectivity index (χ0) is 22.5. The summed E-state index contributed by atoms with van der Waals surface area (Å²) < 4.78 is 28.1. The van der Waals surface area contributed by atoms with Crippen LogP contribution in [-0.4, -0.2) is 49.6 Å². The van der Waals surface area contributed by atoms with Crippen molar-refractivity contribution in [1.82, 2.24) is 24.8 Å². The monoisotopic (exact) mass is 441 g/mol. The van der Waals surface area contributed by atoms with Gasteiger partial charge in [0.2, 0.25) is 0 Å². The van der Waals surface area contributed by atoms with E-state index in [1.165, 1.54) is 0 Å². The third-order valence-corrected chi connectivity index (χ3v) is 6.30. The molecule has 170 valence electrons. The zero-order valence-electron chi connectivity index (χ0n) is 18.7. The summed E-state index contributed by atoms with van der Waals surface area (Å²) in [6.07, 6.45) is 6.00. The molecule has 8 nitrogen and oxygen atoms in total. The van der Waals surface area contributed by atoms with Crippen molar-refractivity contribution in [2.75, 3.05) is 13.1 Å². The predicted molar refractivity (Wildman–Crippen MR) is 116 cm³/mol. The molecule has 9 heteroatoms. The van der Waals surface area contributed by atoms with Gasteiger partial charge in [0.1, 0.15) is 11.1 Å². The van der Waals surface area contributed by atoms with Crippen molar-refractivity contribution >= 4 is 17.0 Å². The Morgan fingerprint density at radius 1 is 1.19 bits per heavy atom. The van der Waals surface area contributed by atoms with Gasteiger partial charge in [0.25, 0.3) is 5.89 Å². The normalized spacial score (nSPS) is 18.2. The number of carbonyl (C=O) groups excluding carboxylic acids is 1. The molecular formula is C23H28FN5O3. The summed E-state index contributed by atoms with van der Waals surface area (Å²) >= 11 is 0. The Balaban J connectivity index is 1.32. The molecule has 1 amide bonds. The van der Waals surface area contributed by atoms with Gasteiger partial charge in [0.05, 0.1) is 17.8 Å². The number of fused-ring (bicyclic) bond motifs is 1. The zero-order valence-corrected chi connectivity index (χ0v) is 18.7. The first-order chi connectivity index (χ1) is 15.3. The maximum absolute atomic E-state index is 15.4. The van der Waals surface area contributed by atoms with Crippen LogP contribution < -0.4 is 0 Å². The summed E-state index contributed by atoms with van der Waals surface area (Å²) in [6, 6.07) is 3.78. The molecule has 0 N–H and O–H groups in total. The largest absolute Gasteiger partial charge is 0.444 e. The Labute approximate surface area is 185 Å². The fraction of sp³-hybridized carbons (Fsp3) is 0.565. The third kappa shape index (κ3) is 3.84. The standard InChI is InChI=1S/C23H28FN5O3/c1-23(2,3)31-22(30)28-11-9-14(10-12-28)20-26-21(32-27-20)17-8-7-15-13-25-29(16-5-4-6-16)19(15)18(17)24/h7-8,13-14,16H,4-6,9-12H2,1-3H3. The van der Waals surface area contributed by atoms with E-state index in [1.54, 1.807) is 21.8 Å². The van der Waals surface area contributed by atoms with Crippen molar-refractivity contribution in [3.8, 4) is 11.5 Å². The molecule has 1 aliphatic carbocycles. The highest BCUT2D eigenvalue weighted by molar-refractivity contribution is 5.84. The van der Waals surface area contributed by atoms with Crippen molar-refractivity contribution in [1.29, 1.82) is 0 Å². The van der Waals surface area contributed by atoms with Crippen LogP contribution in [0.15, 0.2) is 22.9 Å². The molecule has 32 heavy (non-hydrogen) atoms. The lowest BCUT2D eigenvalue weighted by Gasteiger charge is -2.32. The summed E-state index contributed by atoms with van der Waals surface area (Å²) in [6.45, 7) is 6.69. The Bertz CT molecular complexity index is 1140. The van der Waals surface area contributed by atoms with E-state index in [4.69, 9.17) is 9.26 Å². The predicted octanol–water partition coefficient (Wildman–Crippen LogP) is 5.06. The maximum atomic E-state index is 15.4. The van der Waals surface area contributed by atoms with Crippen molar-refractivity contribution < 1.29 is 18.4 Å². The van der Waals surface area contributed by atoms with Crippen LogP contribution in [0.1, 0.15) is 70.7 Å². The van der Waals surface area contributed by atoms with Gasteiger partial charge < -0.3 is 14.2 Å². The molecular weight excluding hydrogens is 413 g/mol. The van der Waals surface area contributed by atoms with E-state index >= 15 is 4.39 Å². The lowest BCUT2D eigenvalue weighted by molar-refractivity contribution is 0.0203. The molecule has 2 fully saturated rings. The molecule has 1 saturated heterocycles. The second-order valence-corrected chi connectivity index (χ2v) is 9.74. The van der Waals surface area contributed by atoms with Crippen LogP contribution >= 0.6 is 0 Å². The number of rotatable bonds is 3. The average molecular weight is 442 g/mol. The van der Waals surface area contributed by atoms with Gasteiger partial charge in [-0.05, 0) is 58.9 Å². The van der Waals surface area contributed by atoms with Crippen LogP contribution in [0.2, 0.25) is 0 Å². The summed E-state index contributed by atoms with van der Waals surface area (Å²) in [5.41, 5.74) is 0.275. The van der Waals surface area contributed by atoms with E-state index in [-0.39, 0.29) is 29.8 Å². The van der Waals surface area contributed by atoms with Gasteiger partial charge in [-0.2, -0.15) is 10.1 Å². The first-order valence-corrected chi connectivity index (χ1v) is 11.3. The number of halogens is 1. The summed E-state index contributed by atoms with van der Waals surface area (Å²) in [5, 5.41) is 9.30. The van der Waals surface area contributed by atoms with E-state index in [0.29, 0.717) is 42.8 Å². The first kappa shape index (κ1) is 20.9. The quantitative estimate of drug-likeness (QED) is 0.564. The van der Waals surface area contributed by atoms with Gasteiger partial charge in [-0.15, -0.1) is 0 Å². The second kappa shape index (κ2) is 7.86. The Hall–Kier alpha value is -2.97. The van der Waals surface area contributed by atoms with E-state index in [9.17, 15) is 4.79 Å². The molecule has 3 aromatic rings. The van der Waals surface area contributed by atoms with Crippen molar-refractivity contribution in [3.63, 3.8) is 0 Å². The molecule has 1 aliphatic heterocycles. The number of hydrogen-bond donors (Lipinski definition) is 0. The van der Waals surface area contributed by atoms with Gasteiger partial charge in [-0.1, -0.05) is 11.2 Å². The molecule has 2 aliphatic rings. The van der Waals surface area contributed by atoms with Gasteiger partial charge in [0.15, 0.2) is 11.6 Å². The molecule has 5 rings (SSSR count). The number of piperidine rings is 1. The molecule has 1 aromatic carbocycles. The van der Waals surface area contributed by atoms with Crippen LogP contribution in [0.25, 0.3) is 22.4 Å². The Kier molecular flexibility index (Phi) is 5.14. The molecule has 0 bridgehead atoms. The van der Waals surface area contributed by atoms with Gasteiger partial charge >= 0.3 is 6.09 Å². The lowest BCUT2D eigenvalue weighted by Crippen LogP contribution is -2.41. The number of ether oxygens (including phenoxy) is 1. The minimum Gasteiger partial charge on any atom is -0.444 e. The number of carbonyl (C=O) groups is 1. The highest BCUT2D eigenvalue weighted by Crippen LogP contribution is 2.37. The smallest absolute Gasteiger partial charge is 0.410 e. The number of likely N-dealkylation sites (tertiary alicyclic amines) is 1. The van der Waals surface area contributed by atoms with E-state index in [2.05, 4.69) is 15.2 Å². The minimum absolute atomic E-state index is 0.0542. The fourth-order valence-electron chi connectivity index (χ4n) is 4.33. The van der Waals surface area contributed by atoms with Gasteiger partial charge in [-0.3, -0.25) is 4.68 Å². The summed E-state index contributed by atoms with van der Waals surface area (Å²) in [7, 11) is 0. The molecule has 3 heterocycles. The summed E-state index contributed by atoms with van der Waals surface area (Å²) in [5.74, 6) is 0.409. The van der Waals surface area contributed by atoms with E-state index in [0.717, 1.165) is 24.6 Å². The van der Waals surface area contributed by atoms with Gasteiger partial charge in [0, 0.05) is 24.4 Å². The average Bonchev–Trinajstić information content (AvgIpc) is 3.34. The molecule has 0 radical (unpaired) electrons. The van der Waals surface area contributed by atoms with E-state index in [1.807, 2.05) is 26.8 Å². The van der Waals surface area contributed by atoms with Crippen molar-refractivity contribution in [2.24, 2.45) is 0 Å². The second-order valence-electron chi connectivity index (χ2n) is 9.74. The highest BCUT2D eigenvalue weighted by atomic mass is 19.1.